The van der Waals surface area contributed by atoms with Crippen LogP contribution in [0.1, 0.15) is 45.0 Å². The summed E-state index contributed by atoms with van der Waals surface area (Å²) in [6.45, 7) is 10.9. The molecular weight excluding hydrogens is 439 g/mol. The van der Waals surface area contributed by atoms with Crippen molar-refractivity contribution in [3.63, 3.8) is 0 Å². The van der Waals surface area contributed by atoms with Crippen molar-refractivity contribution in [2.45, 2.75) is 47.1 Å². The predicted octanol–water partition coefficient (Wildman–Crippen LogP) is 3.69. The topological polar surface area (TPSA) is 67.1 Å². The number of hydrogen-bond donors (Lipinski definition) is 2. The van der Waals surface area contributed by atoms with Gasteiger partial charge in [0.1, 0.15) is 11.6 Å². The fraction of sp³-hybridized carbons (Fsp3) is 0.526. The number of imidazole rings is 1. The van der Waals surface area contributed by atoms with Gasteiger partial charge in [0.05, 0.1) is 6.54 Å². The van der Waals surface area contributed by atoms with Crippen molar-refractivity contribution in [3.05, 3.63) is 42.1 Å². The quantitative estimate of drug-likeness (QED) is 0.351. The minimum absolute atomic E-state index is 0. The molecule has 0 aliphatic heterocycles. The molecule has 0 aliphatic carbocycles. The first kappa shape index (κ1) is 22.4. The number of aryl methyl sites for hydroxylation is 1. The van der Waals surface area contributed by atoms with Gasteiger partial charge in [0.2, 0.25) is 0 Å². The highest BCUT2D eigenvalue weighted by Gasteiger charge is 2.05. The van der Waals surface area contributed by atoms with Crippen molar-refractivity contribution in [3.8, 4) is 5.82 Å². The van der Waals surface area contributed by atoms with E-state index < -0.39 is 0 Å². The van der Waals surface area contributed by atoms with Gasteiger partial charge in [-0.3, -0.25) is 4.57 Å². The number of nitrogens with zero attached hydrogens (tertiary/aromatic N) is 4. The number of guanidine groups is 1. The van der Waals surface area contributed by atoms with Gasteiger partial charge in [-0.15, -0.1) is 24.0 Å². The zero-order valence-electron chi connectivity index (χ0n) is 16.2. The number of rotatable bonds is 8. The third kappa shape index (κ3) is 6.59. The molecule has 0 bridgehead atoms. The van der Waals surface area contributed by atoms with Crippen molar-refractivity contribution in [1.82, 2.24) is 25.2 Å². The Morgan fingerprint density at radius 2 is 1.92 bits per heavy atom. The number of nitrogens with one attached hydrogen (secondary N) is 2. The monoisotopic (exact) mass is 470 g/mol. The van der Waals surface area contributed by atoms with Gasteiger partial charge < -0.3 is 10.6 Å². The van der Waals surface area contributed by atoms with Crippen LogP contribution in [-0.4, -0.2) is 33.6 Å². The van der Waals surface area contributed by atoms with Crippen LogP contribution in [0.25, 0.3) is 5.82 Å². The van der Waals surface area contributed by atoms with Crippen LogP contribution in [-0.2, 0) is 6.54 Å². The first-order chi connectivity index (χ1) is 12.2. The average molecular weight is 470 g/mol. The smallest absolute Gasteiger partial charge is 0.191 e. The maximum absolute atomic E-state index is 4.67. The molecule has 0 radical (unpaired) electrons. The Balaban J connectivity index is 0.00000338. The second kappa shape index (κ2) is 11.9. The lowest BCUT2D eigenvalue weighted by atomic mass is 10.0. The third-order valence-corrected chi connectivity index (χ3v) is 4.36. The maximum Gasteiger partial charge on any atom is 0.191 e. The number of aromatic nitrogens is 3. The number of halogens is 1. The highest BCUT2D eigenvalue weighted by atomic mass is 127. The Bertz CT molecular complexity index is 661. The summed E-state index contributed by atoms with van der Waals surface area (Å²) in [6.07, 6.45) is 7.94. The summed E-state index contributed by atoms with van der Waals surface area (Å²) >= 11 is 0. The van der Waals surface area contributed by atoms with Gasteiger partial charge in [-0.05, 0) is 31.4 Å². The normalized spacial score (nSPS) is 11.3. The Morgan fingerprint density at radius 3 is 2.46 bits per heavy atom. The van der Waals surface area contributed by atoms with Gasteiger partial charge in [-0.2, -0.15) is 0 Å². The minimum atomic E-state index is 0. The molecule has 0 saturated carbocycles. The molecule has 7 heteroatoms. The van der Waals surface area contributed by atoms with Gasteiger partial charge in [0.25, 0.3) is 0 Å². The van der Waals surface area contributed by atoms with Crippen LogP contribution in [0, 0.1) is 12.8 Å². The number of pyridine rings is 1. The first-order valence-electron chi connectivity index (χ1n) is 9.15. The number of hydrogen-bond acceptors (Lipinski definition) is 3. The lowest BCUT2D eigenvalue weighted by Gasteiger charge is -2.16. The molecule has 2 aromatic heterocycles. The molecule has 2 heterocycles. The molecule has 2 rings (SSSR count). The van der Waals surface area contributed by atoms with Gasteiger partial charge in [-0.25, -0.2) is 15.0 Å². The molecule has 26 heavy (non-hydrogen) atoms. The van der Waals surface area contributed by atoms with E-state index in [0.29, 0.717) is 12.5 Å². The zero-order chi connectivity index (χ0) is 18.1. The zero-order valence-corrected chi connectivity index (χ0v) is 18.5. The molecule has 0 atom stereocenters. The standard InChI is InChI=1S/C19H30N6.HI/c1-5-16(6-2)12-23-19(20-7-3)24-14-17-8-9-18(22-13-17)25-11-10-21-15(25)4;/h8-11,13,16H,5-7,12,14H2,1-4H3,(H2,20,23,24);1H. The van der Waals surface area contributed by atoms with Crippen molar-refractivity contribution in [2.24, 2.45) is 10.9 Å². The van der Waals surface area contributed by atoms with Gasteiger partial charge in [0.15, 0.2) is 5.96 Å². The summed E-state index contributed by atoms with van der Waals surface area (Å²) < 4.78 is 1.97. The van der Waals surface area contributed by atoms with Crippen LogP contribution in [0.5, 0.6) is 0 Å². The van der Waals surface area contributed by atoms with Crippen molar-refractivity contribution in [1.29, 1.82) is 0 Å². The Hall–Kier alpha value is -1.64. The lowest BCUT2D eigenvalue weighted by Crippen LogP contribution is -2.39. The maximum atomic E-state index is 4.67. The Morgan fingerprint density at radius 1 is 1.15 bits per heavy atom. The second-order valence-electron chi connectivity index (χ2n) is 6.13. The van der Waals surface area contributed by atoms with Gasteiger partial charge in [-0.1, -0.05) is 32.8 Å². The van der Waals surface area contributed by atoms with E-state index in [4.69, 9.17) is 0 Å². The fourth-order valence-electron chi connectivity index (χ4n) is 2.60. The van der Waals surface area contributed by atoms with Crippen molar-refractivity contribution >= 4 is 29.9 Å². The fourth-order valence-corrected chi connectivity index (χ4v) is 2.60. The van der Waals surface area contributed by atoms with E-state index in [1.165, 1.54) is 12.8 Å². The lowest BCUT2D eigenvalue weighted by molar-refractivity contribution is 0.481. The van der Waals surface area contributed by atoms with E-state index in [1.807, 2.05) is 30.0 Å². The number of aliphatic imine (C=N–C) groups is 1. The molecule has 2 N–H and O–H groups in total. The molecule has 0 spiro atoms. The molecule has 0 aliphatic rings. The van der Waals surface area contributed by atoms with Crippen LogP contribution in [0.2, 0.25) is 0 Å². The van der Waals surface area contributed by atoms with E-state index in [9.17, 15) is 0 Å². The Labute approximate surface area is 174 Å². The Kier molecular flexibility index (Phi) is 10.2. The highest BCUT2D eigenvalue weighted by Crippen LogP contribution is 2.09. The van der Waals surface area contributed by atoms with Crippen LogP contribution < -0.4 is 10.6 Å². The molecule has 0 amide bonds. The second-order valence-corrected chi connectivity index (χ2v) is 6.13. The molecule has 0 saturated heterocycles. The van der Waals surface area contributed by atoms with E-state index in [2.05, 4.69) is 52.4 Å². The largest absolute Gasteiger partial charge is 0.357 e. The van der Waals surface area contributed by atoms with E-state index >= 15 is 0 Å². The van der Waals surface area contributed by atoms with Crippen molar-refractivity contribution in [2.75, 3.05) is 13.1 Å². The summed E-state index contributed by atoms with van der Waals surface area (Å²) in [7, 11) is 0. The average Bonchev–Trinajstić information content (AvgIpc) is 3.07. The third-order valence-electron chi connectivity index (χ3n) is 4.36. The first-order valence-corrected chi connectivity index (χ1v) is 9.15. The SMILES string of the molecule is CCNC(=NCc1ccc(-n2ccnc2C)nc1)NCC(CC)CC.I. The van der Waals surface area contributed by atoms with Crippen LogP contribution in [0.4, 0.5) is 0 Å². The van der Waals surface area contributed by atoms with Gasteiger partial charge in [0, 0.05) is 31.7 Å². The summed E-state index contributed by atoms with van der Waals surface area (Å²) in [5.41, 5.74) is 1.08. The van der Waals surface area contributed by atoms with Crippen molar-refractivity contribution < 1.29 is 0 Å². The summed E-state index contributed by atoms with van der Waals surface area (Å²) in [5, 5.41) is 6.74. The van der Waals surface area contributed by atoms with E-state index in [1.54, 1.807) is 6.20 Å². The summed E-state index contributed by atoms with van der Waals surface area (Å²) in [6, 6.07) is 4.07. The van der Waals surface area contributed by atoms with E-state index in [-0.39, 0.29) is 24.0 Å². The molecular formula is C19H31IN6. The molecule has 6 nitrogen and oxygen atoms in total. The molecule has 2 aromatic rings. The highest BCUT2D eigenvalue weighted by molar-refractivity contribution is 14.0. The molecule has 144 valence electrons. The predicted molar refractivity (Wildman–Crippen MR) is 118 cm³/mol. The molecule has 0 fully saturated rings. The molecule has 0 unspecified atom stereocenters. The van der Waals surface area contributed by atoms with Crippen LogP contribution in [0.15, 0.2) is 35.7 Å². The van der Waals surface area contributed by atoms with Gasteiger partial charge >= 0.3 is 0 Å². The summed E-state index contributed by atoms with van der Waals surface area (Å²) in [5.74, 6) is 3.35. The molecule has 0 aromatic carbocycles. The van der Waals surface area contributed by atoms with E-state index in [0.717, 1.165) is 36.3 Å². The van der Waals surface area contributed by atoms with Crippen LogP contribution >= 0.6 is 24.0 Å². The van der Waals surface area contributed by atoms with Crippen LogP contribution in [0.3, 0.4) is 0 Å². The summed E-state index contributed by atoms with van der Waals surface area (Å²) in [4.78, 5) is 13.4. The minimum Gasteiger partial charge on any atom is -0.357 e.